The Morgan fingerprint density at radius 2 is 2.19 bits per heavy atom. The van der Waals surface area contributed by atoms with Gasteiger partial charge in [0.05, 0.1) is 23.8 Å². The Bertz CT molecular complexity index is 730. The summed E-state index contributed by atoms with van der Waals surface area (Å²) in [6.45, 7) is 4.30. The van der Waals surface area contributed by atoms with E-state index in [9.17, 15) is 4.79 Å². The van der Waals surface area contributed by atoms with Gasteiger partial charge in [0.25, 0.3) is 5.91 Å². The molecule has 2 N–H and O–H groups in total. The second-order valence-corrected chi connectivity index (χ2v) is 6.76. The highest BCUT2D eigenvalue weighted by molar-refractivity contribution is 6.32. The lowest BCUT2D eigenvalue weighted by Gasteiger charge is -2.22. The van der Waals surface area contributed by atoms with E-state index in [0.717, 1.165) is 32.4 Å². The summed E-state index contributed by atoms with van der Waals surface area (Å²) in [6, 6.07) is 7.62. The molecule has 0 saturated carbocycles. The van der Waals surface area contributed by atoms with Gasteiger partial charge in [-0.1, -0.05) is 35.9 Å². The fraction of sp³-hybridized carbons (Fsp3) is 0.500. The highest BCUT2D eigenvalue weighted by atomic mass is 35.5. The number of nitrogens with zero attached hydrogens (tertiary/aromatic N) is 3. The first-order valence-electron chi connectivity index (χ1n) is 8.99. The second kappa shape index (κ2) is 9.00. The van der Waals surface area contributed by atoms with Crippen LogP contribution in [0.2, 0.25) is 5.02 Å². The van der Waals surface area contributed by atoms with Gasteiger partial charge in [-0.2, -0.15) is 0 Å². The zero-order valence-corrected chi connectivity index (χ0v) is 15.6. The van der Waals surface area contributed by atoms with Crippen LogP contribution in [0.25, 0.3) is 0 Å². The van der Waals surface area contributed by atoms with Crippen molar-refractivity contribution >= 4 is 17.5 Å². The minimum Gasteiger partial charge on any atom is -0.487 e. The summed E-state index contributed by atoms with van der Waals surface area (Å²) in [5.41, 5.74) is 0.330. The Kier molecular flexibility index (Phi) is 6.46. The third-order valence-electron chi connectivity index (χ3n) is 4.50. The number of aromatic nitrogens is 3. The summed E-state index contributed by atoms with van der Waals surface area (Å²) in [5, 5.41) is 14.9. The van der Waals surface area contributed by atoms with E-state index in [-0.39, 0.29) is 12.0 Å². The molecule has 1 aromatic carbocycles. The second-order valence-electron chi connectivity index (χ2n) is 6.35. The molecule has 140 valence electrons. The lowest BCUT2D eigenvalue weighted by Crippen LogP contribution is -2.35. The zero-order chi connectivity index (χ0) is 18.4. The fourth-order valence-corrected chi connectivity index (χ4v) is 3.10. The predicted octanol–water partition coefficient (Wildman–Crippen LogP) is 2.44. The molecule has 2 heterocycles. The number of carbonyl (C=O) groups is 1. The Morgan fingerprint density at radius 1 is 1.42 bits per heavy atom. The topological polar surface area (TPSA) is 81.1 Å². The Morgan fingerprint density at radius 3 is 2.92 bits per heavy atom. The molecule has 1 unspecified atom stereocenters. The lowest BCUT2D eigenvalue weighted by atomic mass is 10.1. The van der Waals surface area contributed by atoms with Crippen LogP contribution in [-0.2, 0) is 0 Å². The van der Waals surface area contributed by atoms with Gasteiger partial charge in [0.2, 0.25) is 0 Å². The van der Waals surface area contributed by atoms with Crippen LogP contribution < -0.4 is 15.4 Å². The molecule has 1 atom stereocenters. The van der Waals surface area contributed by atoms with Crippen LogP contribution in [0.1, 0.15) is 42.7 Å². The zero-order valence-electron chi connectivity index (χ0n) is 14.8. The van der Waals surface area contributed by atoms with E-state index < -0.39 is 0 Å². The number of amides is 1. The van der Waals surface area contributed by atoms with E-state index in [2.05, 4.69) is 20.9 Å². The molecule has 1 aliphatic heterocycles. The number of piperidine rings is 1. The van der Waals surface area contributed by atoms with Gasteiger partial charge < -0.3 is 15.4 Å². The van der Waals surface area contributed by atoms with E-state index in [4.69, 9.17) is 16.3 Å². The van der Waals surface area contributed by atoms with E-state index in [1.165, 1.54) is 0 Å². The third kappa shape index (κ3) is 4.74. The van der Waals surface area contributed by atoms with Crippen LogP contribution in [0.3, 0.4) is 0 Å². The van der Waals surface area contributed by atoms with Crippen LogP contribution >= 0.6 is 11.6 Å². The number of benzene rings is 1. The summed E-state index contributed by atoms with van der Waals surface area (Å²) in [4.78, 5) is 12.4. The molecule has 1 fully saturated rings. The average Bonchev–Trinajstić information content (AvgIpc) is 3.17. The van der Waals surface area contributed by atoms with Crippen molar-refractivity contribution in [1.82, 2.24) is 25.6 Å². The molecular weight excluding hydrogens is 354 g/mol. The first kappa shape index (κ1) is 18.7. The van der Waals surface area contributed by atoms with Crippen molar-refractivity contribution in [3.63, 3.8) is 0 Å². The number of ether oxygens (including phenoxy) is 1. The summed E-state index contributed by atoms with van der Waals surface area (Å²) in [5.74, 6) is 0.374. The molecule has 0 radical (unpaired) electrons. The monoisotopic (exact) mass is 377 g/mol. The van der Waals surface area contributed by atoms with Crippen molar-refractivity contribution < 1.29 is 9.53 Å². The average molecular weight is 378 g/mol. The van der Waals surface area contributed by atoms with Gasteiger partial charge >= 0.3 is 0 Å². The molecule has 26 heavy (non-hydrogen) atoms. The van der Waals surface area contributed by atoms with Gasteiger partial charge in [-0.25, -0.2) is 4.68 Å². The largest absolute Gasteiger partial charge is 0.487 e. The highest BCUT2D eigenvalue weighted by Crippen LogP contribution is 2.24. The Balaban J connectivity index is 1.54. The van der Waals surface area contributed by atoms with E-state index in [0.29, 0.717) is 29.1 Å². The molecule has 3 rings (SSSR count). The van der Waals surface area contributed by atoms with Gasteiger partial charge in [0.15, 0.2) is 5.69 Å². The summed E-state index contributed by atoms with van der Waals surface area (Å²) < 4.78 is 7.69. The minimum absolute atomic E-state index is 0.168. The number of hydrogen-bond donors (Lipinski definition) is 2. The van der Waals surface area contributed by atoms with Crippen molar-refractivity contribution in [3.8, 4) is 5.75 Å². The standard InChI is InChI=1S/C18H24ClN5O2/c1-2-14(26-17-6-4-3-5-15(17)19)11-21-18(25)16-12-24(23-22-16)13-7-9-20-10-8-13/h3-6,12-14,20H,2,7-11H2,1H3,(H,21,25). The van der Waals surface area contributed by atoms with Gasteiger partial charge in [0, 0.05) is 0 Å². The number of halogens is 1. The maximum Gasteiger partial charge on any atom is 0.273 e. The van der Waals surface area contributed by atoms with Crippen LogP contribution in [0, 0.1) is 0 Å². The number of carbonyl (C=O) groups excluding carboxylic acids is 1. The molecule has 7 nitrogen and oxygen atoms in total. The fourth-order valence-electron chi connectivity index (χ4n) is 2.92. The highest BCUT2D eigenvalue weighted by Gasteiger charge is 2.19. The number of rotatable bonds is 7. The SMILES string of the molecule is CCC(CNC(=O)c1cn(C2CCNCC2)nn1)Oc1ccccc1Cl. The molecular formula is C18H24ClN5O2. The molecule has 8 heteroatoms. The quantitative estimate of drug-likeness (QED) is 0.774. The Hall–Kier alpha value is -2.12. The van der Waals surface area contributed by atoms with Crippen LogP contribution in [0.4, 0.5) is 0 Å². The van der Waals surface area contributed by atoms with E-state index >= 15 is 0 Å². The number of para-hydroxylation sites is 1. The lowest BCUT2D eigenvalue weighted by molar-refractivity contribution is 0.0921. The van der Waals surface area contributed by atoms with Crippen molar-refractivity contribution in [2.45, 2.75) is 38.3 Å². The van der Waals surface area contributed by atoms with Gasteiger partial charge in [0.1, 0.15) is 11.9 Å². The first-order chi connectivity index (χ1) is 12.7. The molecule has 1 aromatic heterocycles. The van der Waals surface area contributed by atoms with Crippen molar-refractivity contribution in [2.24, 2.45) is 0 Å². The molecule has 1 saturated heterocycles. The smallest absolute Gasteiger partial charge is 0.273 e. The molecule has 0 spiro atoms. The van der Waals surface area contributed by atoms with Gasteiger partial charge in [-0.15, -0.1) is 5.10 Å². The molecule has 0 bridgehead atoms. The summed E-state index contributed by atoms with van der Waals surface area (Å²) in [7, 11) is 0. The van der Waals surface area contributed by atoms with Gasteiger partial charge in [-0.3, -0.25) is 4.79 Å². The maximum atomic E-state index is 12.4. The maximum absolute atomic E-state index is 12.4. The van der Waals surface area contributed by atoms with Crippen LogP contribution in [-0.4, -0.2) is 46.6 Å². The van der Waals surface area contributed by atoms with Crippen molar-refractivity contribution in [3.05, 3.63) is 41.2 Å². The molecule has 2 aromatic rings. The molecule has 1 amide bonds. The number of hydrogen-bond acceptors (Lipinski definition) is 5. The Labute approximate surface area is 158 Å². The van der Waals surface area contributed by atoms with E-state index in [1.54, 1.807) is 16.9 Å². The third-order valence-corrected chi connectivity index (χ3v) is 4.81. The first-order valence-corrected chi connectivity index (χ1v) is 9.37. The van der Waals surface area contributed by atoms with Gasteiger partial charge in [-0.05, 0) is 44.5 Å². The molecule has 0 aliphatic carbocycles. The van der Waals surface area contributed by atoms with Crippen molar-refractivity contribution in [1.29, 1.82) is 0 Å². The molecule has 1 aliphatic rings. The van der Waals surface area contributed by atoms with Crippen LogP contribution in [0.5, 0.6) is 5.75 Å². The summed E-state index contributed by atoms with van der Waals surface area (Å²) in [6.07, 6.45) is 4.29. The number of nitrogens with one attached hydrogen (secondary N) is 2. The normalized spacial score (nSPS) is 16.2. The summed E-state index contributed by atoms with van der Waals surface area (Å²) >= 11 is 6.12. The van der Waals surface area contributed by atoms with E-state index in [1.807, 2.05) is 25.1 Å². The van der Waals surface area contributed by atoms with Crippen molar-refractivity contribution in [2.75, 3.05) is 19.6 Å². The predicted molar refractivity (Wildman–Crippen MR) is 99.7 cm³/mol. The minimum atomic E-state index is -0.244. The van der Waals surface area contributed by atoms with Crippen LogP contribution in [0.15, 0.2) is 30.5 Å².